The van der Waals surface area contributed by atoms with Gasteiger partial charge in [0, 0.05) is 19.5 Å². The molecule has 0 aliphatic heterocycles. The highest BCUT2D eigenvalue weighted by Gasteiger charge is 2.22. The van der Waals surface area contributed by atoms with E-state index in [-0.39, 0.29) is 24.5 Å². The molecular weight excluding hydrogens is 442 g/mol. The maximum absolute atomic E-state index is 13.1. The van der Waals surface area contributed by atoms with Gasteiger partial charge in [0.25, 0.3) is 0 Å². The molecule has 0 aliphatic carbocycles. The zero-order valence-electron chi connectivity index (χ0n) is 19.4. The first-order valence-corrected chi connectivity index (χ1v) is 13.2. The average Bonchev–Trinajstić information content (AvgIpc) is 3.12. The molecule has 0 spiro atoms. The van der Waals surface area contributed by atoms with Gasteiger partial charge in [-0.3, -0.25) is 9.69 Å². The van der Waals surface area contributed by atoms with Crippen LogP contribution in [0.5, 0.6) is 0 Å². The van der Waals surface area contributed by atoms with E-state index in [1.165, 1.54) is 11.3 Å². The fraction of sp³-hybridized carbons (Fsp3) is 0.417. The second kappa shape index (κ2) is 10.1. The van der Waals surface area contributed by atoms with Crippen molar-refractivity contribution in [2.45, 2.75) is 38.5 Å². The van der Waals surface area contributed by atoms with E-state index in [1.54, 1.807) is 29.2 Å². The molecule has 3 aromatic rings. The molecule has 1 heterocycles. The van der Waals surface area contributed by atoms with Gasteiger partial charge in [-0.2, -0.15) is 0 Å². The maximum Gasteiger partial charge on any atom is 0.228 e. The molecule has 2 aromatic carbocycles. The van der Waals surface area contributed by atoms with Crippen LogP contribution in [-0.4, -0.2) is 57.1 Å². The van der Waals surface area contributed by atoms with E-state index in [9.17, 15) is 13.2 Å². The van der Waals surface area contributed by atoms with Crippen LogP contribution in [-0.2, 0) is 14.6 Å². The highest BCUT2D eigenvalue weighted by atomic mass is 32.2. The summed E-state index contributed by atoms with van der Waals surface area (Å²) in [4.78, 5) is 21.9. The minimum atomic E-state index is -3.41. The number of sulfone groups is 1. The molecular formula is C24H31N3O3S2. The SMILES string of the molecule is Cc1ccc(S(=O)(=O)CCCC(=O)N(CCN(C)C)c2nc3cc(C)cc(C)c3s2)cc1. The molecule has 0 fully saturated rings. The van der Waals surface area contributed by atoms with Crippen molar-refractivity contribution in [1.82, 2.24) is 9.88 Å². The van der Waals surface area contributed by atoms with Gasteiger partial charge in [0.15, 0.2) is 15.0 Å². The number of likely N-dealkylation sites (N-methyl/N-ethyl adjacent to an activating group) is 1. The molecule has 0 unspecified atom stereocenters. The van der Waals surface area contributed by atoms with Crippen molar-refractivity contribution in [1.29, 1.82) is 0 Å². The van der Waals surface area contributed by atoms with E-state index < -0.39 is 9.84 Å². The van der Waals surface area contributed by atoms with Crippen molar-refractivity contribution < 1.29 is 13.2 Å². The van der Waals surface area contributed by atoms with Crippen molar-refractivity contribution >= 4 is 42.4 Å². The van der Waals surface area contributed by atoms with Gasteiger partial charge in [-0.15, -0.1) is 0 Å². The molecule has 32 heavy (non-hydrogen) atoms. The molecule has 1 aromatic heterocycles. The number of benzene rings is 2. The zero-order valence-corrected chi connectivity index (χ0v) is 21.0. The molecule has 0 bridgehead atoms. The topological polar surface area (TPSA) is 70.6 Å². The smallest absolute Gasteiger partial charge is 0.228 e. The van der Waals surface area contributed by atoms with Crippen LogP contribution in [0.1, 0.15) is 29.5 Å². The number of aryl methyl sites for hydroxylation is 3. The average molecular weight is 474 g/mol. The Labute approximate surface area is 194 Å². The van der Waals surface area contributed by atoms with Gasteiger partial charge < -0.3 is 4.90 Å². The van der Waals surface area contributed by atoms with Crippen LogP contribution >= 0.6 is 11.3 Å². The molecule has 0 atom stereocenters. The number of carbonyl (C=O) groups excluding carboxylic acids is 1. The quantitative estimate of drug-likeness (QED) is 0.462. The third kappa shape index (κ3) is 5.94. The van der Waals surface area contributed by atoms with Crippen LogP contribution in [0, 0.1) is 20.8 Å². The minimum Gasteiger partial charge on any atom is -0.308 e. The van der Waals surface area contributed by atoms with E-state index in [0.717, 1.165) is 26.9 Å². The van der Waals surface area contributed by atoms with Crippen molar-refractivity contribution in [3.05, 3.63) is 53.1 Å². The number of rotatable bonds is 9. The van der Waals surface area contributed by atoms with Crippen LogP contribution in [0.2, 0.25) is 0 Å². The third-order valence-corrected chi connectivity index (χ3v) is 8.34. The Bertz CT molecular complexity index is 1200. The minimum absolute atomic E-state index is 0.0541. The van der Waals surface area contributed by atoms with Crippen LogP contribution in [0.15, 0.2) is 41.3 Å². The molecule has 0 saturated carbocycles. The first kappa shape index (κ1) is 24.4. The lowest BCUT2D eigenvalue weighted by molar-refractivity contribution is -0.118. The Balaban J connectivity index is 1.75. The summed E-state index contributed by atoms with van der Waals surface area (Å²) in [5.41, 5.74) is 4.19. The number of thiazole rings is 1. The van der Waals surface area contributed by atoms with Crippen LogP contribution < -0.4 is 4.90 Å². The van der Waals surface area contributed by atoms with Crippen molar-refractivity contribution in [3.8, 4) is 0 Å². The van der Waals surface area contributed by atoms with E-state index in [0.29, 0.717) is 23.1 Å². The van der Waals surface area contributed by atoms with Crippen molar-refractivity contribution in [2.24, 2.45) is 0 Å². The van der Waals surface area contributed by atoms with Gasteiger partial charge in [-0.05, 0) is 70.6 Å². The van der Waals surface area contributed by atoms with E-state index in [1.807, 2.05) is 38.9 Å². The molecule has 3 rings (SSSR count). The fourth-order valence-electron chi connectivity index (χ4n) is 3.52. The van der Waals surface area contributed by atoms with Crippen LogP contribution in [0.3, 0.4) is 0 Å². The molecule has 1 amide bonds. The molecule has 172 valence electrons. The van der Waals surface area contributed by atoms with Gasteiger partial charge in [0.05, 0.1) is 20.9 Å². The summed E-state index contributed by atoms with van der Waals surface area (Å²) >= 11 is 1.52. The number of nitrogens with zero attached hydrogens (tertiary/aromatic N) is 3. The van der Waals surface area contributed by atoms with Gasteiger partial charge in [0.1, 0.15) is 0 Å². The van der Waals surface area contributed by atoms with Crippen LogP contribution in [0.4, 0.5) is 5.13 Å². The third-order valence-electron chi connectivity index (χ3n) is 5.30. The van der Waals surface area contributed by atoms with Gasteiger partial charge >= 0.3 is 0 Å². The molecule has 0 aliphatic rings. The number of fused-ring (bicyclic) bond motifs is 1. The van der Waals surface area contributed by atoms with Crippen molar-refractivity contribution in [2.75, 3.05) is 37.8 Å². The predicted octanol–water partition coefficient (Wildman–Crippen LogP) is 4.37. The first-order chi connectivity index (χ1) is 15.1. The maximum atomic E-state index is 13.1. The Morgan fingerprint density at radius 2 is 1.69 bits per heavy atom. The Morgan fingerprint density at radius 1 is 1.00 bits per heavy atom. The lowest BCUT2D eigenvalue weighted by atomic mass is 10.1. The second-order valence-corrected chi connectivity index (χ2v) is 11.6. The Kier molecular flexibility index (Phi) is 7.69. The van der Waals surface area contributed by atoms with E-state index >= 15 is 0 Å². The summed E-state index contributed by atoms with van der Waals surface area (Å²) in [7, 11) is 0.510. The highest BCUT2D eigenvalue weighted by Crippen LogP contribution is 2.32. The number of hydrogen-bond acceptors (Lipinski definition) is 6. The molecule has 0 radical (unpaired) electrons. The monoisotopic (exact) mass is 473 g/mol. The Hall–Kier alpha value is -2.29. The summed E-state index contributed by atoms with van der Waals surface area (Å²) in [5.74, 6) is -0.152. The largest absolute Gasteiger partial charge is 0.308 e. The summed E-state index contributed by atoms with van der Waals surface area (Å²) in [6, 6.07) is 11.0. The van der Waals surface area contributed by atoms with Crippen LogP contribution in [0.25, 0.3) is 10.2 Å². The lowest BCUT2D eigenvalue weighted by Gasteiger charge is -2.22. The van der Waals surface area contributed by atoms with Crippen molar-refractivity contribution in [3.63, 3.8) is 0 Å². The number of amides is 1. The summed E-state index contributed by atoms with van der Waals surface area (Å²) in [5, 5.41) is 0.668. The van der Waals surface area contributed by atoms with Gasteiger partial charge in [0.2, 0.25) is 5.91 Å². The number of carbonyl (C=O) groups is 1. The first-order valence-electron chi connectivity index (χ1n) is 10.7. The predicted molar refractivity (Wildman–Crippen MR) is 132 cm³/mol. The summed E-state index contributed by atoms with van der Waals surface area (Å²) in [6.45, 7) is 7.21. The lowest BCUT2D eigenvalue weighted by Crippen LogP contribution is -2.36. The molecule has 6 nitrogen and oxygen atoms in total. The molecule has 0 saturated heterocycles. The number of anilines is 1. The molecule has 0 N–H and O–H groups in total. The fourth-order valence-corrected chi connectivity index (χ4v) is 5.89. The highest BCUT2D eigenvalue weighted by molar-refractivity contribution is 7.91. The van der Waals surface area contributed by atoms with E-state index in [2.05, 4.69) is 13.0 Å². The van der Waals surface area contributed by atoms with E-state index in [4.69, 9.17) is 4.98 Å². The summed E-state index contributed by atoms with van der Waals surface area (Å²) < 4.78 is 26.3. The van der Waals surface area contributed by atoms with Gasteiger partial charge in [-0.1, -0.05) is 35.1 Å². The number of aromatic nitrogens is 1. The zero-order chi connectivity index (χ0) is 23.5. The number of hydrogen-bond donors (Lipinski definition) is 0. The normalized spacial score (nSPS) is 11.9. The molecule has 8 heteroatoms. The Morgan fingerprint density at radius 3 is 2.34 bits per heavy atom. The standard InChI is InChI=1S/C24H31N3O3S2/c1-17-8-10-20(11-9-17)32(29,30)14-6-7-22(28)27(13-12-26(4)5)24-25-21-16-18(2)15-19(3)23(21)31-24/h8-11,15-16H,6-7,12-14H2,1-5H3. The second-order valence-electron chi connectivity index (χ2n) is 8.51. The summed E-state index contributed by atoms with van der Waals surface area (Å²) in [6.07, 6.45) is 0.434. The van der Waals surface area contributed by atoms with Gasteiger partial charge in [-0.25, -0.2) is 13.4 Å².